The van der Waals surface area contributed by atoms with Crippen molar-refractivity contribution < 1.29 is 9.53 Å². The van der Waals surface area contributed by atoms with E-state index in [-0.39, 0.29) is 11.9 Å². The zero-order valence-electron chi connectivity index (χ0n) is 13.8. The van der Waals surface area contributed by atoms with Gasteiger partial charge in [-0.3, -0.25) is 4.79 Å². The quantitative estimate of drug-likeness (QED) is 0.825. The average molecular weight is 313 g/mol. The molecule has 1 aromatic heterocycles. The zero-order valence-corrected chi connectivity index (χ0v) is 13.8. The molecule has 1 aromatic carbocycles. The maximum absolute atomic E-state index is 12.0. The molecule has 5 heteroatoms. The molecule has 0 aliphatic rings. The molecule has 23 heavy (non-hydrogen) atoms. The summed E-state index contributed by atoms with van der Waals surface area (Å²) in [5.74, 6) is 1.49. The molecule has 2 rings (SSSR count). The summed E-state index contributed by atoms with van der Waals surface area (Å²) in [5.41, 5.74) is 1.74. The highest BCUT2D eigenvalue weighted by molar-refractivity contribution is 5.94. The van der Waals surface area contributed by atoms with Gasteiger partial charge in [0.2, 0.25) is 0 Å². The van der Waals surface area contributed by atoms with Crippen molar-refractivity contribution in [1.82, 2.24) is 10.3 Å². The Morgan fingerprint density at radius 1 is 1.26 bits per heavy atom. The SMILES string of the molecule is COc1ccccc1CCNc1cc(C(=O)NC(C)C)ccn1. The first kappa shape index (κ1) is 16.8. The van der Waals surface area contributed by atoms with Crippen LogP contribution in [0.25, 0.3) is 0 Å². The van der Waals surface area contributed by atoms with Crippen molar-refractivity contribution in [3.8, 4) is 5.75 Å². The van der Waals surface area contributed by atoms with E-state index in [4.69, 9.17) is 4.74 Å². The van der Waals surface area contributed by atoms with Gasteiger partial charge in [-0.25, -0.2) is 4.98 Å². The fraction of sp³-hybridized carbons (Fsp3) is 0.333. The molecule has 2 aromatic rings. The van der Waals surface area contributed by atoms with Crippen molar-refractivity contribution in [3.63, 3.8) is 0 Å². The molecule has 0 bridgehead atoms. The Labute approximate surface area is 137 Å². The van der Waals surface area contributed by atoms with E-state index in [1.807, 2.05) is 38.1 Å². The van der Waals surface area contributed by atoms with E-state index in [9.17, 15) is 4.79 Å². The summed E-state index contributed by atoms with van der Waals surface area (Å²) in [6.45, 7) is 4.58. The molecule has 0 atom stereocenters. The summed E-state index contributed by atoms with van der Waals surface area (Å²) in [6, 6.07) is 11.5. The summed E-state index contributed by atoms with van der Waals surface area (Å²) in [7, 11) is 1.67. The second-order valence-electron chi connectivity index (χ2n) is 5.55. The number of nitrogens with zero attached hydrogens (tertiary/aromatic N) is 1. The molecule has 122 valence electrons. The number of benzene rings is 1. The number of nitrogens with one attached hydrogen (secondary N) is 2. The van der Waals surface area contributed by atoms with Crippen LogP contribution in [0.2, 0.25) is 0 Å². The van der Waals surface area contributed by atoms with Crippen LogP contribution in [0.3, 0.4) is 0 Å². The molecule has 0 spiro atoms. The smallest absolute Gasteiger partial charge is 0.251 e. The minimum Gasteiger partial charge on any atom is -0.496 e. The van der Waals surface area contributed by atoms with Crippen molar-refractivity contribution in [2.24, 2.45) is 0 Å². The summed E-state index contributed by atoms with van der Waals surface area (Å²) in [5, 5.41) is 6.12. The molecule has 0 aliphatic heterocycles. The Balaban J connectivity index is 1.94. The molecule has 0 fully saturated rings. The second kappa shape index (κ2) is 8.17. The van der Waals surface area contributed by atoms with Gasteiger partial charge in [0.25, 0.3) is 5.91 Å². The summed E-state index contributed by atoms with van der Waals surface area (Å²) >= 11 is 0. The van der Waals surface area contributed by atoms with E-state index in [0.29, 0.717) is 17.9 Å². The lowest BCUT2D eigenvalue weighted by molar-refractivity contribution is 0.0943. The number of methoxy groups -OCH3 is 1. The van der Waals surface area contributed by atoms with E-state index in [1.165, 1.54) is 0 Å². The highest BCUT2D eigenvalue weighted by atomic mass is 16.5. The largest absolute Gasteiger partial charge is 0.496 e. The van der Waals surface area contributed by atoms with Crippen LogP contribution in [0.5, 0.6) is 5.75 Å². The van der Waals surface area contributed by atoms with E-state index in [1.54, 1.807) is 25.4 Å². The highest BCUT2D eigenvalue weighted by Crippen LogP contribution is 2.17. The minimum absolute atomic E-state index is 0.0878. The van der Waals surface area contributed by atoms with Crippen LogP contribution in [0, 0.1) is 0 Å². The topological polar surface area (TPSA) is 63.2 Å². The van der Waals surface area contributed by atoms with Crippen molar-refractivity contribution in [2.45, 2.75) is 26.3 Å². The van der Waals surface area contributed by atoms with Crippen molar-refractivity contribution >= 4 is 11.7 Å². The van der Waals surface area contributed by atoms with Gasteiger partial charge in [-0.2, -0.15) is 0 Å². The number of amides is 1. The van der Waals surface area contributed by atoms with Gasteiger partial charge < -0.3 is 15.4 Å². The van der Waals surface area contributed by atoms with Crippen LogP contribution in [-0.2, 0) is 6.42 Å². The lowest BCUT2D eigenvalue weighted by Gasteiger charge is -2.11. The highest BCUT2D eigenvalue weighted by Gasteiger charge is 2.08. The fourth-order valence-corrected chi connectivity index (χ4v) is 2.25. The third-order valence-corrected chi connectivity index (χ3v) is 3.33. The summed E-state index contributed by atoms with van der Waals surface area (Å²) in [4.78, 5) is 16.3. The Kier molecular flexibility index (Phi) is 5.97. The second-order valence-corrected chi connectivity index (χ2v) is 5.55. The molecule has 2 N–H and O–H groups in total. The third kappa shape index (κ3) is 4.98. The molecule has 0 saturated heterocycles. The van der Waals surface area contributed by atoms with Crippen LogP contribution in [0.1, 0.15) is 29.8 Å². The number of anilines is 1. The molecule has 0 aliphatic carbocycles. The predicted molar refractivity (Wildman–Crippen MR) is 92.0 cm³/mol. The van der Waals surface area contributed by atoms with Gasteiger partial charge in [-0.1, -0.05) is 18.2 Å². The van der Waals surface area contributed by atoms with Crippen LogP contribution in [0.15, 0.2) is 42.6 Å². The van der Waals surface area contributed by atoms with Gasteiger partial charge in [0.1, 0.15) is 11.6 Å². The summed E-state index contributed by atoms with van der Waals surface area (Å²) in [6.07, 6.45) is 2.45. The molecule has 1 heterocycles. The monoisotopic (exact) mass is 313 g/mol. The maximum atomic E-state index is 12.0. The average Bonchev–Trinajstić information content (AvgIpc) is 2.55. The first-order valence-electron chi connectivity index (χ1n) is 7.73. The number of hydrogen-bond donors (Lipinski definition) is 2. The summed E-state index contributed by atoms with van der Waals surface area (Å²) < 4.78 is 5.34. The van der Waals surface area contributed by atoms with Crippen LogP contribution in [-0.4, -0.2) is 30.6 Å². The van der Waals surface area contributed by atoms with Gasteiger partial charge in [-0.05, 0) is 44.0 Å². The number of aromatic nitrogens is 1. The van der Waals surface area contributed by atoms with Gasteiger partial charge in [0.15, 0.2) is 0 Å². The van der Waals surface area contributed by atoms with Crippen LogP contribution < -0.4 is 15.4 Å². The Hall–Kier alpha value is -2.56. The number of ether oxygens (including phenoxy) is 1. The standard InChI is InChI=1S/C18H23N3O2/c1-13(2)21-18(22)15-9-11-20-17(12-15)19-10-8-14-6-4-5-7-16(14)23-3/h4-7,9,11-13H,8,10H2,1-3H3,(H,19,20)(H,21,22). The molecule has 1 amide bonds. The van der Waals surface area contributed by atoms with E-state index >= 15 is 0 Å². The number of pyridine rings is 1. The van der Waals surface area contributed by atoms with Gasteiger partial charge in [-0.15, -0.1) is 0 Å². The zero-order chi connectivity index (χ0) is 16.7. The van der Waals surface area contributed by atoms with Crippen molar-refractivity contribution in [1.29, 1.82) is 0 Å². The first-order valence-corrected chi connectivity index (χ1v) is 7.73. The normalized spacial score (nSPS) is 10.4. The Morgan fingerprint density at radius 3 is 2.78 bits per heavy atom. The lowest BCUT2D eigenvalue weighted by Crippen LogP contribution is -2.30. The molecular weight excluding hydrogens is 290 g/mol. The third-order valence-electron chi connectivity index (χ3n) is 3.33. The Bertz CT molecular complexity index is 656. The van der Waals surface area contributed by atoms with Crippen molar-refractivity contribution in [3.05, 3.63) is 53.7 Å². The van der Waals surface area contributed by atoms with E-state index in [2.05, 4.69) is 15.6 Å². The van der Waals surface area contributed by atoms with Crippen molar-refractivity contribution in [2.75, 3.05) is 19.0 Å². The Morgan fingerprint density at radius 2 is 2.04 bits per heavy atom. The van der Waals surface area contributed by atoms with Gasteiger partial charge in [0, 0.05) is 24.3 Å². The van der Waals surface area contributed by atoms with Gasteiger partial charge >= 0.3 is 0 Å². The molecule has 0 saturated carbocycles. The lowest BCUT2D eigenvalue weighted by atomic mass is 10.1. The number of carbonyl (C=O) groups excluding carboxylic acids is 1. The first-order chi connectivity index (χ1) is 11.1. The number of hydrogen-bond acceptors (Lipinski definition) is 4. The van der Waals surface area contributed by atoms with Crippen LogP contribution in [0.4, 0.5) is 5.82 Å². The number of para-hydroxylation sites is 1. The number of rotatable bonds is 7. The molecular formula is C18H23N3O2. The molecule has 0 unspecified atom stereocenters. The van der Waals surface area contributed by atoms with E-state index < -0.39 is 0 Å². The maximum Gasteiger partial charge on any atom is 0.251 e. The van der Waals surface area contributed by atoms with E-state index in [0.717, 1.165) is 17.7 Å². The van der Waals surface area contributed by atoms with Crippen LogP contribution >= 0.6 is 0 Å². The molecule has 0 radical (unpaired) electrons. The molecule has 5 nitrogen and oxygen atoms in total. The van der Waals surface area contributed by atoms with Gasteiger partial charge in [0.05, 0.1) is 7.11 Å². The number of carbonyl (C=O) groups is 1. The fourth-order valence-electron chi connectivity index (χ4n) is 2.25. The minimum atomic E-state index is -0.0878. The predicted octanol–water partition coefficient (Wildman–Crippen LogP) is 2.88.